The number of hydrogen-bond acceptors (Lipinski definition) is 3. The van der Waals surface area contributed by atoms with Crippen molar-refractivity contribution in [3.63, 3.8) is 0 Å². The zero-order chi connectivity index (χ0) is 18.9. The van der Waals surface area contributed by atoms with E-state index in [0.29, 0.717) is 29.4 Å². The number of thioether (sulfide) groups is 1. The quantitative estimate of drug-likeness (QED) is 0.581. The molecule has 3 rings (SSSR count). The zero-order valence-electron chi connectivity index (χ0n) is 13.8. The second-order valence-corrected chi connectivity index (χ2v) is 6.67. The molecule has 0 aliphatic heterocycles. The molecule has 0 atom stereocenters. The van der Waals surface area contributed by atoms with Crippen LogP contribution in [0.5, 0.6) is 0 Å². The molecule has 1 aromatic heterocycles. The molecule has 3 nitrogen and oxygen atoms in total. The van der Waals surface area contributed by atoms with E-state index in [0.717, 1.165) is 17.3 Å². The third kappa shape index (κ3) is 3.88. The van der Waals surface area contributed by atoms with Gasteiger partial charge in [0, 0.05) is 10.3 Å². The molecule has 1 heterocycles. The Morgan fingerprint density at radius 3 is 2.35 bits per heavy atom. The maximum absolute atomic E-state index is 13.1. The Balaban J connectivity index is 1.80. The molecular weight excluding hydrogens is 365 g/mol. The minimum Gasteiger partial charge on any atom is -0.475 e. The van der Waals surface area contributed by atoms with Crippen molar-refractivity contribution in [1.82, 2.24) is 0 Å². The van der Waals surface area contributed by atoms with Gasteiger partial charge in [-0.15, -0.1) is 11.8 Å². The zero-order valence-corrected chi connectivity index (χ0v) is 14.6. The Bertz CT molecular complexity index is 960. The summed E-state index contributed by atoms with van der Waals surface area (Å²) in [6.45, 7) is 0. The van der Waals surface area contributed by atoms with Crippen molar-refractivity contribution in [2.75, 3.05) is 6.26 Å². The topological polar surface area (TPSA) is 50.4 Å². The third-order valence-electron chi connectivity index (χ3n) is 4.07. The van der Waals surface area contributed by atoms with Crippen LogP contribution in [0.15, 0.2) is 51.8 Å². The summed E-state index contributed by atoms with van der Waals surface area (Å²) in [5.41, 5.74) is 1.30. The largest absolute Gasteiger partial charge is 0.475 e. The summed E-state index contributed by atoms with van der Waals surface area (Å²) in [5.74, 6) is -1.28. The smallest absolute Gasteiger partial charge is 0.417 e. The Kier molecular flexibility index (Phi) is 5.00. The van der Waals surface area contributed by atoms with Crippen LogP contribution in [-0.2, 0) is 19.0 Å². The highest BCUT2D eigenvalue weighted by molar-refractivity contribution is 7.98. The second kappa shape index (κ2) is 7.07. The number of carbonyl (C=O) groups is 1. The first-order chi connectivity index (χ1) is 12.3. The number of fused-ring (bicyclic) bond motifs is 1. The molecule has 0 bridgehead atoms. The number of benzene rings is 2. The van der Waals surface area contributed by atoms with Gasteiger partial charge in [-0.1, -0.05) is 18.2 Å². The predicted molar refractivity (Wildman–Crippen MR) is 93.8 cm³/mol. The number of furan rings is 1. The lowest BCUT2D eigenvalue weighted by Crippen LogP contribution is -2.08. The van der Waals surface area contributed by atoms with Crippen molar-refractivity contribution < 1.29 is 27.5 Å². The van der Waals surface area contributed by atoms with E-state index in [1.165, 1.54) is 18.2 Å². The highest BCUT2D eigenvalue weighted by Crippen LogP contribution is 2.36. The van der Waals surface area contributed by atoms with Crippen molar-refractivity contribution in [3.8, 4) is 0 Å². The predicted octanol–water partition coefficient (Wildman–Crippen LogP) is 5.66. The van der Waals surface area contributed by atoms with Gasteiger partial charge in [-0.25, -0.2) is 4.79 Å². The lowest BCUT2D eigenvalue weighted by molar-refractivity contribution is -0.139. The molecule has 0 saturated carbocycles. The highest BCUT2D eigenvalue weighted by atomic mass is 32.2. The number of carboxylic acids is 1. The number of rotatable bonds is 5. The number of halogens is 3. The van der Waals surface area contributed by atoms with Crippen LogP contribution in [0.3, 0.4) is 0 Å². The average molecular weight is 380 g/mol. The standard InChI is InChI=1S/C19H15F3O3S/c1-26-17-7-5-11(8-14(17)19(20,21)22)2-3-12-4-6-13-10-16(18(23)24)25-15(13)9-12/h4-10H,2-3H2,1H3,(H,23,24). The summed E-state index contributed by atoms with van der Waals surface area (Å²) in [6.07, 6.45) is -1.80. The normalized spacial score (nSPS) is 11.8. The Hall–Kier alpha value is -2.41. The molecule has 0 spiro atoms. The number of aromatic carboxylic acids is 1. The van der Waals surface area contributed by atoms with E-state index in [9.17, 15) is 18.0 Å². The van der Waals surface area contributed by atoms with Gasteiger partial charge in [-0.05, 0) is 54.5 Å². The van der Waals surface area contributed by atoms with Gasteiger partial charge in [0.1, 0.15) is 5.58 Å². The van der Waals surface area contributed by atoms with E-state index < -0.39 is 17.7 Å². The molecular formula is C19H15F3O3S. The summed E-state index contributed by atoms with van der Waals surface area (Å²) in [6, 6.07) is 11.1. The fourth-order valence-electron chi connectivity index (χ4n) is 2.76. The van der Waals surface area contributed by atoms with Crippen molar-refractivity contribution in [2.24, 2.45) is 0 Å². The molecule has 0 fully saturated rings. The molecule has 0 aliphatic carbocycles. The third-order valence-corrected chi connectivity index (χ3v) is 4.86. The van der Waals surface area contributed by atoms with Crippen LogP contribution < -0.4 is 0 Å². The molecule has 2 aromatic carbocycles. The molecule has 7 heteroatoms. The van der Waals surface area contributed by atoms with Gasteiger partial charge in [-0.2, -0.15) is 13.2 Å². The van der Waals surface area contributed by atoms with Crippen LogP contribution >= 0.6 is 11.8 Å². The van der Waals surface area contributed by atoms with Gasteiger partial charge in [0.25, 0.3) is 0 Å². The maximum Gasteiger partial charge on any atom is 0.417 e. The summed E-state index contributed by atoms with van der Waals surface area (Å²) >= 11 is 1.07. The van der Waals surface area contributed by atoms with Gasteiger partial charge in [-0.3, -0.25) is 0 Å². The fraction of sp³-hybridized carbons (Fsp3) is 0.211. The monoisotopic (exact) mass is 380 g/mol. The Labute approximate surface area is 151 Å². The van der Waals surface area contributed by atoms with E-state index in [4.69, 9.17) is 9.52 Å². The van der Waals surface area contributed by atoms with Crippen LogP contribution in [0.25, 0.3) is 11.0 Å². The van der Waals surface area contributed by atoms with E-state index in [1.54, 1.807) is 24.5 Å². The van der Waals surface area contributed by atoms with Crippen molar-refractivity contribution >= 4 is 28.7 Å². The van der Waals surface area contributed by atoms with Gasteiger partial charge in [0.15, 0.2) is 0 Å². The number of carboxylic acid groups (broad SMARTS) is 1. The van der Waals surface area contributed by atoms with Gasteiger partial charge >= 0.3 is 12.1 Å². The van der Waals surface area contributed by atoms with Crippen LogP contribution in [-0.4, -0.2) is 17.3 Å². The van der Waals surface area contributed by atoms with Crippen molar-refractivity contribution in [3.05, 3.63) is 64.9 Å². The summed E-state index contributed by atoms with van der Waals surface area (Å²) in [5, 5.41) is 9.63. The summed E-state index contributed by atoms with van der Waals surface area (Å²) < 4.78 is 44.7. The van der Waals surface area contributed by atoms with Crippen LogP contribution in [0.1, 0.15) is 27.2 Å². The van der Waals surface area contributed by atoms with Gasteiger partial charge < -0.3 is 9.52 Å². The lowest BCUT2D eigenvalue weighted by Gasteiger charge is -2.13. The SMILES string of the molecule is CSc1ccc(CCc2ccc3cc(C(=O)O)oc3c2)cc1C(F)(F)F. The molecule has 3 aromatic rings. The van der Waals surface area contributed by atoms with Gasteiger partial charge in [0.05, 0.1) is 5.56 Å². The molecule has 136 valence electrons. The molecule has 0 amide bonds. The molecule has 26 heavy (non-hydrogen) atoms. The lowest BCUT2D eigenvalue weighted by atomic mass is 10.0. The van der Waals surface area contributed by atoms with Crippen molar-refractivity contribution in [2.45, 2.75) is 23.9 Å². The van der Waals surface area contributed by atoms with E-state index in [1.807, 2.05) is 6.07 Å². The maximum atomic E-state index is 13.1. The minimum absolute atomic E-state index is 0.139. The van der Waals surface area contributed by atoms with E-state index in [-0.39, 0.29) is 10.7 Å². The minimum atomic E-state index is -4.38. The second-order valence-electron chi connectivity index (χ2n) is 5.82. The van der Waals surface area contributed by atoms with Crippen LogP contribution in [0.2, 0.25) is 0 Å². The first-order valence-electron chi connectivity index (χ1n) is 7.78. The number of hydrogen-bond donors (Lipinski definition) is 1. The first-order valence-corrected chi connectivity index (χ1v) is 9.00. The van der Waals surface area contributed by atoms with Gasteiger partial charge in [0.2, 0.25) is 5.76 Å². The number of alkyl halides is 3. The Morgan fingerprint density at radius 2 is 1.73 bits per heavy atom. The molecule has 0 unspecified atom stereocenters. The average Bonchev–Trinajstić information content (AvgIpc) is 3.02. The highest BCUT2D eigenvalue weighted by Gasteiger charge is 2.33. The summed E-state index contributed by atoms with van der Waals surface area (Å²) in [7, 11) is 0. The Morgan fingerprint density at radius 1 is 1.08 bits per heavy atom. The molecule has 1 N–H and O–H groups in total. The van der Waals surface area contributed by atoms with E-state index >= 15 is 0 Å². The fourth-order valence-corrected chi connectivity index (χ4v) is 3.36. The number of aryl methyl sites for hydroxylation is 2. The summed E-state index contributed by atoms with van der Waals surface area (Å²) in [4.78, 5) is 11.2. The van der Waals surface area contributed by atoms with Crippen molar-refractivity contribution in [1.29, 1.82) is 0 Å². The molecule has 0 radical (unpaired) electrons. The van der Waals surface area contributed by atoms with E-state index in [2.05, 4.69) is 0 Å². The molecule has 0 saturated heterocycles. The van der Waals surface area contributed by atoms with Crippen LogP contribution in [0.4, 0.5) is 13.2 Å². The van der Waals surface area contributed by atoms with Crippen LogP contribution in [0, 0.1) is 0 Å². The molecule has 0 aliphatic rings. The first kappa shape index (κ1) is 18.4.